The first-order chi connectivity index (χ1) is 16.2. The summed E-state index contributed by atoms with van der Waals surface area (Å²) in [6, 6.07) is 19.7. The molecule has 6 rings (SSSR count). The van der Waals surface area contributed by atoms with Crippen LogP contribution in [0.25, 0.3) is 38.9 Å². The van der Waals surface area contributed by atoms with Crippen LogP contribution in [0.4, 0.5) is 10.1 Å². The molecule has 1 aliphatic rings. The second-order valence-corrected chi connectivity index (χ2v) is 8.54. The smallest absolute Gasteiger partial charge is 0.137 e. The molecular weight excluding hydrogens is 413 g/mol. The van der Waals surface area contributed by atoms with Gasteiger partial charge < -0.3 is 10.2 Å². The zero-order chi connectivity index (χ0) is 22.4. The van der Waals surface area contributed by atoms with Crippen molar-refractivity contribution in [3.8, 4) is 22.4 Å². The van der Waals surface area contributed by atoms with Crippen molar-refractivity contribution in [1.82, 2.24) is 19.7 Å². The molecule has 1 aliphatic heterocycles. The van der Waals surface area contributed by atoms with Gasteiger partial charge >= 0.3 is 0 Å². The molecule has 164 valence electrons. The number of rotatable bonds is 3. The van der Waals surface area contributed by atoms with E-state index in [1.807, 2.05) is 25.4 Å². The number of piperazine rings is 1. The third-order valence-corrected chi connectivity index (χ3v) is 6.37. The van der Waals surface area contributed by atoms with Crippen molar-refractivity contribution in [3.05, 3.63) is 84.6 Å². The predicted molar refractivity (Wildman–Crippen MR) is 131 cm³/mol. The largest absolute Gasteiger partial charge is 0.369 e. The first kappa shape index (κ1) is 19.9. The number of nitrogens with one attached hydrogen (secondary N) is 1. The molecule has 4 heterocycles. The molecule has 2 aromatic carbocycles. The quantitative estimate of drug-likeness (QED) is 0.428. The van der Waals surface area contributed by atoms with E-state index in [4.69, 9.17) is 0 Å². The van der Waals surface area contributed by atoms with Crippen LogP contribution >= 0.6 is 0 Å². The lowest BCUT2D eigenvalue weighted by Crippen LogP contribution is -2.43. The van der Waals surface area contributed by atoms with E-state index >= 15 is 0 Å². The molecule has 0 radical (unpaired) electrons. The molecule has 5 nitrogen and oxygen atoms in total. The fraction of sp³-hybridized carbons (Fsp3) is 0.185. The number of nitrogens with zero attached hydrogens (tertiary/aromatic N) is 4. The fourth-order valence-electron chi connectivity index (χ4n) is 4.69. The Labute approximate surface area is 191 Å². The van der Waals surface area contributed by atoms with Crippen LogP contribution in [0.3, 0.4) is 0 Å². The summed E-state index contributed by atoms with van der Waals surface area (Å²) >= 11 is 0. The van der Waals surface area contributed by atoms with E-state index < -0.39 is 0 Å². The minimum absolute atomic E-state index is 0.269. The van der Waals surface area contributed by atoms with Gasteiger partial charge in [-0.25, -0.2) is 9.37 Å². The van der Waals surface area contributed by atoms with Gasteiger partial charge in [0.1, 0.15) is 11.5 Å². The summed E-state index contributed by atoms with van der Waals surface area (Å²) in [5.74, 6) is -0.269. The number of pyridine rings is 2. The van der Waals surface area contributed by atoms with Gasteiger partial charge in [-0.15, -0.1) is 0 Å². The average Bonchev–Trinajstić information content (AvgIpc) is 3.28. The Morgan fingerprint density at radius 2 is 1.73 bits per heavy atom. The van der Waals surface area contributed by atoms with E-state index in [1.165, 1.54) is 11.8 Å². The van der Waals surface area contributed by atoms with Crippen molar-refractivity contribution in [3.63, 3.8) is 0 Å². The Balaban J connectivity index is 1.38. The topological polar surface area (TPSA) is 45.5 Å². The van der Waals surface area contributed by atoms with Crippen LogP contribution in [0.2, 0.25) is 0 Å². The number of imidazole rings is 1. The number of hydrogen-bond acceptors (Lipinski definition) is 4. The van der Waals surface area contributed by atoms with Crippen LogP contribution in [0.1, 0.15) is 5.69 Å². The van der Waals surface area contributed by atoms with E-state index in [1.54, 1.807) is 12.1 Å². The summed E-state index contributed by atoms with van der Waals surface area (Å²) in [5.41, 5.74) is 7.91. The predicted octanol–water partition coefficient (Wildman–Crippen LogP) is 5.07. The van der Waals surface area contributed by atoms with Gasteiger partial charge in [-0.05, 0) is 66.6 Å². The highest BCUT2D eigenvalue weighted by Crippen LogP contribution is 2.31. The van der Waals surface area contributed by atoms with Crippen LogP contribution in [-0.2, 0) is 0 Å². The molecule has 0 bridgehead atoms. The number of anilines is 1. The molecule has 0 saturated carbocycles. The molecule has 0 spiro atoms. The third kappa shape index (κ3) is 3.62. The lowest BCUT2D eigenvalue weighted by molar-refractivity contribution is 0.589. The Bertz CT molecular complexity index is 1470. The van der Waals surface area contributed by atoms with E-state index in [0.717, 1.165) is 70.8 Å². The maximum atomic E-state index is 14.0. The molecule has 0 unspecified atom stereocenters. The van der Waals surface area contributed by atoms with Crippen molar-refractivity contribution in [2.24, 2.45) is 0 Å². The Hall–Kier alpha value is -3.77. The Kier molecular flexibility index (Phi) is 4.80. The van der Waals surface area contributed by atoms with Crippen LogP contribution in [0.5, 0.6) is 0 Å². The molecule has 0 amide bonds. The molecule has 5 aromatic rings. The highest BCUT2D eigenvalue weighted by atomic mass is 19.1. The van der Waals surface area contributed by atoms with Crippen molar-refractivity contribution in [1.29, 1.82) is 0 Å². The minimum atomic E-state index is -0.269. The molecule has 0 atom stereocenters. The number of benzene rings is 2. The maximum Gasteiger partial charge on any atom is 0.137 e. The molecule has 3 aromatic heterocycles. The van der Waals surface area contributed by atoms with Crippen LogP contribution < -0.4 is 10.2 Å². The number of aromatic nitrogens is 3. The zero-order valence-corrected chi connectivity index (χ0v) is 18.4. The van der Waals surface area contributed by atoms with Crippen LogP contribution in [0, 0.1) is 12.7 Å². The van der Waals surface area contributed by atoms with Crippen LogP contribution in [-0.4, -0.2) is 40.5 Å². The standard InChI is InChI=1S/C27H24FN5/c1-18-14-24(23-16-21(28)4-7-25(23)31-18)26-17-30-27-15-20(8-11-33(26)27)19-2-5-22(6-3-19)32-12-9-29-10-13-32/h2-8,11,14-17,29H,9-10,12-13H2,1H3. The number of fused-ring (bicyclic) bond motifs is 2. The van der Waals surface area contributed by atoms with Gasteiger partial charge in [0.05, 0.1) is 17.4 Å². The van der Waals surface area contributed by atoms with Crippen molar-refractivity contribution in [2.75, 3.05) is 31.1 Å². The third-order valence-electron chi connectivity index (χ3n) is 6.37. The molecule has 6 heteroatoms. The van der Waals surface area contributed by atoms with E-state index in [2.05, 4.69) is 61.0 Å². The van der Waals surface area contributed by atoms with Crippen LogP contribution in [0.15, 0.2) is 73.1 Å². The van der Waals surface area contributed by atoms with Crippen molar-refractivity contribution < 1.29 is 4.39 Å². The Morgan fingerprint density at radius 1 is 0.909 bits per heavy atom. The number of hydrogen-bond donors (Lipinski definition) is 1. The summed E-state index contributed by atoms with van der Waals surface area (Å²) in [7, 11) is 0. The lowest BCUT2D eigenvalue weighted by atomic mass is 10.0. The lowest BCUT2D eigenvalue weighted by Gasteiger charge is -2.29. The number of halogens is 1. The molecule has 33 heavy (non-hydrogen) atoms. The fourth-order valence-corrected chi connectivity index (χ4v) is 4.69. The normalized spacial score (nSPS) is 14.3. The second-order valence-electron chi connectivity index (χ2n) is 8.54. The minimum Gasteiger partial charge on any atom is -0.369 e. The van der Waals surface area contributed by atoms with Gasteiger partial charge in [0.15, 0.2) is 0 Å². The molecular formula is C27H24FN5. The monoisotopic (exact) mass is 437 g/mol. The van der Waals surface area contributed by atoms with E-state index in [-0.39, 0.29) is 5.82 Å². The van der Waals surface area contributed by atoms with E-state index in [0.29, 0.717) is 0 Å². The summed E-state index contributed by atoms with van der Waals surface area (Å²) in [6.45, 7) is 6.08. The first-order valence-electron chi connectivity index (χ1n) is 11.3. The second kappa shape index (κ2) is 7.98. The molecule has 1 fully saturated rings. The van der Waals surface area contributed by atoms with Gasteiger partial charge in [0, 0.05) is 54.7 Å². The highest BCUT2D eigenvalue weighted by molar-refractivity contribution is 5.94. The van der Waals surface area contributed by atoms with Gasteiger partial charge in [0.25, 0.3) is 0 Å². The summed E-state index contributed by atoms with van der Waals surface area (Å²) in [4.78, 5) is 11.6. The summed E-state index contributed by atoms with van der Waals surface area (Å²) < 4.78 is 16.1. The van der Waals surface area contributed by atoms with Gasteiger partial charge in [-0.2, -0.15) is 0 Å². The Morgan fingerprint density at radius 3 is 2.55 bits per heavy atom. The summed E-state index contributed by atoms with van der Waals surface area (Å²) in [5, 5.41) is 4.18. The van der Waals surface area contributed by atoms with Crippen molar-refractivity contribution in [2.45, 2.75) is 6.92 Å². The van der Waals surface area contributed by atoms with Gasteiger partial charge in [-0.3, -0.25) is 9.38 Å². The molecule has 0 aliphatic carbocycles. The average molecular weight is 438 g/mol. The van der Waals surface area contributed by atoms with Gasteiger partial charge in [-0.1, -0.05) is 12.1 Å². The summed E-state index contributed by atoms with van der Waals surface area (Å²) in [6.07, 6.45) is 3.89. The highest BCUT2D eigenvalue weighted by Gasteiger charge is 2.14. The maximum absolute atomic E-state index is 14.0. The van der Waals surface area contributed by atoms with Gasteiger partial charge in [0.2, 0.25) is 0 Å². The van der Waals surface area contributed by atoms with Crippen molar-refractivity contribution >= 4 is 22.2 Å². The number of aryl methyl sites for hydroxylation is 1. The molecule has 1 saturated heterocycles. The zero-order valence-electron chi connectivity index (χ0n) is 18.4. The first-order valence-corrected chi connectivity index (χ1v) is 11.3. The van der Waals surface area contributed by atoms with E-state index in [9.17, 15) is 4.39 Å². The molecule has 1 N–H and O–H groups in total. The SMILES string of the molecule is Cc1cc(-c2cnc3cc(-c4ccc(N5CCNCC5)cc4)ccn23)c2cc(F)ccc2n1.